The van der Waals surface area contributed by atoms with Gasteiger partial charge in [-0.15, -0.1) is 0 Å². The molecule has 1 aliphatic rings. The van der Waals surface area contributed by atoms with Crippen molar-refractivity contribution < 1.29 is 23.8 Å². The smallest absolute Gasteiger partial charge is 0.265 e. The molecule has 1 atom stereocenters. The minimum Gasteiger partial charge on any atom is -0.493 e. The number of methoxy groups -OCH3 is 2. The number of carbonyl (C=O) groups excluding carboxylic acids is 2. The molecule has 1 heterocycles. The molecule has 26 heavy (non-hydrogen) atoms. The van der Waals surface area contributed by atoms with Gasteiger partial charge in [-0.2, -0.15) is 0 Å². The van der Waals surface area contributed by atoms with E-state index >= 15 is 0 Å². The molecule has 2 N–H and O–H groups in total. The van der Waals surface area contributed by atoms with E-state index < -0.39 is 6.10 Å². The summed E-state index contributed by atoms with van der Waals surface area (Å²) in [5, 5.41) is 5.57. The third-order valence-electron chi connectivity index (χ3n) is 4.01. The fraction of sp³-hybridized carbons (Fsp3) is 0.263. The zero-order valence-electron chi connectivity index (χ0n) is 14.8. The number of hydrogen-bond donors (Lipinski definition) is 2. The van der Waals surface area contributed by atoms with Gasteiger partial charge < -0.3 is 24.8 Å². The van der Waals surface area contributed by atoms with Gasteiger partial charge in [0.05, 0.1) is 26.3 Å². The van der Waals surface area contributed by atoms with E-state index in [-0.39, 0.29) is 18.2 Å². The van der Waals surface area contributed by atoms with Crippen LogP contribution in [0, 0.1) is 0 Å². The Morgan fingerprint density at radius 1 is 1.15 bits per heavy atom. The van der Waals surface area contributed by atoms with Gasteiger partial charge in [-0.3, -0.25) is 9.59 Å². The SMILES string of the molecule is COc1ccc(CC(=O)Nc2ccc3c(c2)NC(=O)C(C)O3)cc1OC. The number of fused-ring (bicyclic) bond motifs is 1. The molecule has 2 amide bonds. The van der Waals surface area contributed by atoms with Crippen molar-refractivity contribution in [1.82, 2.24) is 0 Å². The van der Waals surface area contributed by atoms with Gasteiger partial charge in [-0.25, -0.2) is 0 Å². The third kappa shape index (κ3) is 3.72. The lowest BCUT2D eigenvalue weighted by Crippen LogP contribution is -2.34. The van der Waals surface area contributed by atoms with Crippen molar-refractivity contribution in [3.05, 3.63) is 42.0 Å². The second-order valence-electron chi connectivity index (χ2n) is 5.87. The number of nitrogens with one attached hydrogen (secondary N) is 2. The minimum atomic E-state index is -0.534. The van der Waals surface area contributed by atoms with Crippen LogP contribution < -0.4 is 24.8 Å². The van der Waals surface area contributed by atoms with Crippen molar-refractivity contribution in [2.45, 2.75) is 19.4 Å². The second-order valence-corrected chi connectivity index (χ2v) is 5.87. The van der Waals surface area contributed by atoms with E-state index in [9.17, 15) is 9.59 Å². The summed E-state index contributed by atoms with van der Waals surface area (Å²) in [5.41, 5.74) is 1.91. The maximum Gasteiger partial charge on any atom is 0.265 e. The van der Waals surface area contributed by atoms with Gasteiger partial charge in [-0.05, 0) is 42.8 Å². The normalized spacial score (nSPS) is 15.3. The fourth-order valence-corrected chi connectivity index (χ4v) is 2.67. The molecule has 0 spiro atoms. The monoisotopic (exact) mass is 356 g/mol. The van der Waals surface area contributed by atoms with Crippen LogP contribution in [0.25, 0.3) is 0 Å². The number of carbonyl (C=O) groups is 2. The molecule has 0 aliphatic carbocycles. The summed E-state index contributed by atoms with van der Waals surface area (Å²) >= 11 is 0. The molecular weight excluding hydrogens is 336 g/mol. The highest BCUT2D eigenvalue weighted by Crippen LogP contribution is 2.32. The quantitative estimate of drug-likeness (QED) is 0.860. The summed E-state index contributed by atoms with van der Waals surface area (Å²) in [5.74, 6) is 1.35. The van der Waals surface area contributed by atoms with Crippen molar-refractivity contribution in [1.29, 1.82) is 0 Å². The van der Waals surface area contributed by atoms with Gasteiger partial charge in [0.25, 0.3) is 5.91 Å². The summed E-state index contributed by atoms with van der Waals surface area (Å²) in [4.78, 5) is 24.0. The third-order valence-corrected chi connectivity index (χ3v) is 4.01. The molecule has 3 rings (SSSR count). The lowest BCUT2D eigenvalue weighted by molar-refractivity contribution is -0.122. The zero-order chi connectivity index (χ0) is 18.7. The molecule has 2 aromatic rings. The molecule has 0 saturated heterocycles. The molecule has 136 valence electrons. The Morgan fingerprint density at radius 3 is 2.65 bits per heavy atom. The molecule has 7 heteroatoms. The average Bonchev–Trinajstić information content (AvgIpc) is 2.62. The highest BCUT2D eigenvalue weighted by atomic mass is 16.5. The highest BCUT2D eigenvalue weighted by Gasteiger charge is 2.23. The Bertz CT molecular complexity index is 850. The van der Waals surface area contributed by atoms with Crippen LogP contribution in [0.3, 0.4) is 0 Å². The molecule has 1 unspecified atom stereocenters. The van der Waals surface area contributed by atoms with Crippen LogP contribution in [0.1, 0.15) is 12.5 Å². The maximum atomic E-state index is 12.3. The van der Waals surface area contributed by atoms with Gasteiger partial charge >= 0.3 is 0 Å². The molecular formula is C19H20N2O5. The van der Waals surface area contributed by atoms with E-state index in [0.29, 0.717) is 28.6 Å². The van der Waals surface area contributed by atoms with Crippen LogP contribution >= 0.6 is 0 Å². The number of amides is 2. The van der Waals surface area contributed by atoms with Crippen molar-refractivity contribution in [3.8, 4) is 17.2 Å². The Morgan fingerprint density at radius 2 is 1.92 bits per heavy atom. The number of rotatable bonds is 5. The van der Waals surface area contributed by atoms with Crippen LogP contribution in [-0.4, -0.2) is 32.1 Å². The fourth-order valence-electron chi connectivity index (χ4n) is 2.67. The van der Waals surface area contributed by atoms with Crippen LogP contribution in [-0.2, 0) is 16.0 Å². The van der Waals surface area contributed by atoms with Crippen molar-refractivity contribution in [3.63, 3.8) is 0 Å². The van der Waals surface area contributed by atoms with Gasteiger partial charge in [-0.1, -0.05) is 6.07 Å². The van der Waals surface area contributed by atoms with E-state index in [1.165, 1.54) is 0 Å². The first-order chi connectivity index (χ1) is 12.5. The number of hydrogen-bond acceptors (Lipinski definition) is 5. The van der Waals surface area contributed by atoms with Crippen molar-refractivity contribution in [2.75, 3.05) is 24.9 Å². The van der Waals surface area contributed by atoms with E-state index in [1.54, 1.807) is 51.5 Å². The van der Waals surface area contributed by atoms with E-state index in [2.05, 4.69) is 10.6 Å². The lowest BCUT2D eigenvalue weighted by atomic mass is 10.1. The molecule has 0 bridgehead atoms. The Hall–Kier alpha value is -3.22. The molecule has 2 aromatic carbocycles. The lowest BCUT2D eigenvalue weighted by Gasteiger charge is -2.23. The second kappa shape index (κ2) is 7.35. The zero-order valence-corrected chi connectivity index (χ0v) is 14.8. The standard InChI is InChI=1S/C19H20N2O5/c1-11-19(23)21-14-10-13(5-7-15(14)26-11)20-18(22)9-12-4-6-16(24-2)17(8-12)25-3/h4-8,10-11H,9H2,1-3H3,(H,20,22)(H,21,23). The molecule has 1 aliphatic heterocycles. The van der Waals surface area contributed by atoms with Gasteiger partial charge in [0, 0.05) is 5.69 Å². The van der Waals surface area contributed by atoms with Gasteiger partial charge in [0.15, 0.2) is 17.6 Å². The summed E-state index contributed by atoms with van der Waals surface area (Å²) in [6.07, 6.45) is -0.356. The molecule has 0 aromatic heterocycles. The first kappa shape index (κ1) is 17.6. The van der Waals surface area contributed by atoms with Crippen LogP contribution in [0.2, 0.25) is 0 Å². The maximum absolute atomic E-state index is 12.3. The summed E-state index contributed by atoms with van der Waals surface area (Å²) in [6, 6.07) is 10.5. The number of ether oxygens (including phenoxy) is 3. The first-order valence-electron chi connectivity index (χ1n) is 8.12. The predicted octanol–water partition coefficient (Wildman–Crippen LogP) is 2.60. The average molecular weight is 356 g/mol. The summed E-state index contributed by atoms with van der Waals surface area (Å²) < 4.78 is 15.9. The van der Waals surface area contributed by atoms with E-state index in [1.807, 2.05) is 6.07 Å². The van der Waals surface area contributed by atoms with Crippen LogP contribution in [0.4, 0.5) is 11.4 Å². The van der Waals surface area contributed by atoms with Gasteiger partial charge in [0.1, 0.15) is 5.75 Å². The summed E-state index contributed by atoms with van der Waals surface area (Å²) in [6.45, 7) is 1.68. The molecule has 0 radical (unpaired) electrons. The van der Waals surface area contributed by atoms with Crippen LogP contribution in [0.5, 0.6) is 17.2 Å². The van der Waals surface area contributed by atoms with Crippen LogP contribution in [0.15, 0.2) is 36.4 Å². The molecule has 7 nitrogen and oxygen atoms in total. The van der Waals surface area contributed by atoms with Gasteiger partial charge in [0.2, 0.25) is 5.91 Å². The largest absolute Gasteiger partial charge is 0.493 e. The molecule has 0 fully saturated rings. The Kier molecular flexibility index (Phi) is 4.97. The Balaban J connectivity index is 1.69. The number of anilines is 2. The number of benzene rings is 2. The predicted molar refractivity (Wildman–Crippen MR) is 97.0 cm³/mol. The van der Waals surface area contributed by atoms with Crippen molar-refractivity contribution in [2.24, 2.45) is 0 Å². The topological polar surface area (TPSA) is 85.9 Å². The minimum absolute atomic E-state index is 0.178. The highest BCUT2D eigenvalue weighted by molar-refractivity contribution is 5.99. The summed E-state index contributed by atoms with van der Waals surface area (Å²) in [7, 11) is 3.11. The van der Waals surface area contributed by atoms with E-state index in [0.717, 1.165) is 5.56 Å². The first-order valence-corrected chi connectivity index (χ1v) is 8.12. The van der Waals surface area contributed by atoms with E-state index in [4.69, 9.17) is 14.2 Å². The molecule has 0 saturated carbocycles. The Labute approximate surface area is 151 Å². The van der Waals surface area contributed by atoms with Crippen molar-refractivity contribution >= 4 is 23.2 Å².